The molecule has 2 aliphatic heterocycles. The number of imidazole rings is 1. The van der Waals surface area contributed by atoms with Crippen LogP contribution in [0.1, 0.15) is 93.8 Å². The molecule has 5 rings (SSSR count). The van der Waals surface area contributed by atoms with Gasteiger partial charge in [-0.3, -0.25) is 9.69 Å². The fourth-order valence-corrected chi connectivity index (χ4v) is 6.16. The van der Waals surface area contributed by atoms with Crippen molar-refractivity contribution in [1.29, 1.82) is 0 Å². The molecule has 0 spiro atoms. The predicted molar refractivity (Wildman–Crippen MR) is 147 cm³/mol. The number of benzene rings is 1. The molecule has 2 saturated heterocycles. The Labute approximate surface area is 221 Å². The van der Waals surface area contributed by atoms with E-state index in [2.05, 4.69) is 66.8 Å². The average molecular weight is 506 g/mol. The van der Waals surface area contributed by atoms with Gasteiger partial charge in [0.05, 0.1) is 0 Å². The lowest BCUT2D eigenvalue weighted by molar-refractivity contribution is -0.155. The van der Waals surface area contributed by atoms with Crippen LogP contribution in [0.5, 0.6) is 0 Å². The van der Waals surface area contributed by atoms with Gasteiger partial charge < -0.3 is 14.5 Å². The van der Waals surface area contributed by atoms with E-state index in [-0.39, 0.29) is 23.4 Å². The molecule has 2 atom stereocenters. The summed E-state index contributed by atoms with van der Waals surface area (Å²) in [5, 5.41) is 0. The fraction of sp³-hybridized carbons (Fsp3) is 0.613. The molecule has 2 fully saturated rings. The van der Waals surface area contributed by atoms with Crippen LogP contribution in [-0.2, 0) is 21.3 Å². The van der Waals surface area contributed by atoms with Crippen LogP contribution in [0.4, 0.5) is 0 Å². The van der Waals surface area contributed by atoms with Gasteiger partial charge in [-0.15, -0.1) is 0 Å². The normalized spacial score (nSPS) is 25.2. The SMILES string of the molecule is Cc1cnc(C(=O)Cc2ccc(C(C)(C)CN3C[C@@H]4OC(C)(C)O[C@@H]4C3)cc2C2=CCC(C)(C)CC2)[nH]1. The summed E-state index contributed by atoms with van der Waals surface area (Å²) in [7, 11) is 0. The van der Waals surface area contributed by atoms with E-state index < -0.39 is 5.79 Å². The van der Waals surface area contributed by atoms with Gasteiger partial charge in [-0.05, 0) is 67.7 Å². The zero-order valence-corrected chi connectivity index (χ0v) is 23.6. The molecule has 0 radical (unpaired) electrons. The highest BCUT2D eigenvalue weighted by atomic mass is 16.8. The zero-order chi connectivity index (χ0) is 26.6. The summed E-state index contributed by atoms with van der Waals surface area (Å²) in [5.41, 5.74) is 6.16. The number of aryl methyl sites for hydroxylation is 1. The van der Waals surface area contributed by atoms with Gasteiger partial charge in [0, 0.05) is 43.4 Å². The summed E-state index contributed by atoms with van der Waals surface area (Å²) < 4.78 is 12.2. The number of carbonyl (C=O) groups is 1. The second-order valence-corrected chi connectivity index (χ2v) is 13.3. The Bertz CT molecular complexity index is 1190. The molecular formula is C31H43N3O3. The highest BCUT2D eigenvalue weighted by Gasteiger charge is 2.47. The molecule has 2 aromatic rings. The maximum Gasteiger partial charge on any atom is 0.202 e. The maximum atomic E-state index is 13.1. The molecule has 37 heavy (non-hydrogen) atoms. The number of ether oxygens (including phenoxy) is 2. The van der Waals surface area contributed by atoms with E-state index in [9.17, 15) is 4.79 Å². The quantitative estimate of drug-likeness (QED) is 0.478. The summed E-state index contributed by atoms with van der Waals surface area (Å²) in [4.78, 5) is 22.9. The van der Waals surface area contributed by atoms with Gasteiger partial charge in [-0.2, -0.15) is 0 Å². The van der Waals surface area contributed by atoms with Gasteiger partial charge in [0.25, 0.3) is 0 Å². The Balaban J connectivity index is 1.39. The summed E-state index contributed by atoms with van der Waals surface area (Å²) in [6, 6.07) is 6.75. The van der Waals surface area contributed by atoms with Crippen molar-refractivity contribution in [3.63, 3.8) is 0 Å². The molecule has 1 aromatic carbocycles. The molecule has 0 amide bonds. The number of aromatic amines is 1. The fourth-order valence-electron chi connectivity index (χ4n) is 6.16. The number of H-pyrrole nitrogens is 1. The lowest BCUT2D eigenvalue weighted by atomic mass is 9.75. The summed E-state index contributed by atoms with van der Waals surface area (Å²) in [6.45, 7) is 18.0. The minimum atomic E-state index is -0.476. The third-order valence-electron chi connectivity index (χ3n) is 8.31. The van der Waals surface area contributed by atoms with Crippen molar-refractivity contribution < 1.29 is 14.3 Å². The van der Waals surface area contributed by atoms with Crippen LogP contribution in [0.3, 0.4) is 0 Å². The largest absolute Gasteiger partial charge is 0.343 e. The first-order chi connectivity index (χ1) is 17.3. The molecule has 6 heteroatoms. The number of hydrogen-bond donors (Lipinski definition) is 1. The van der Waals surface area contributed by atoms with Crippen LogP contribution in [0.2, 0.25) is 0 Å². The third kappa shape index (κ3) is 5.76. The molecule has 200 valence electrons. The van der Waals surface area contributed by atoms with Gasteiger partial charge >= 0.3 is 0 Å². The van der Waals surface area contributed by atoms with Crippen LogP contribution in [0.15, 0.2) is 30.5 Å². The first kappa shape index (κ1) is 26.3. The second kappa shape index (κ2) is 9.48. The van der Waals surface area contributed by atoms with Crippen molar-refractivity contribution >= 4 is 11.4 Å². The molecule has 1 aliphatic carbocycles. The number of aromatic nitrogens is 2. The number of carbonyl (C=O) groups excluding carboxylic acids is 1. The van der Waals surface area contributed by atoms with Crippen molar-refractivity contribution in [2.24, 2.45) is 5.41 Å². The van der Waals surface area contributed by atoms with Crippen LogP contribution >= 0.6 is 0 Å². The zero-order valence-electron chi connectivity index (χ0n) is 23.6. The number of rotatable bonds is 7. The van der Waals surface area contributed by atoms with Crippen molar-refractivity contribution in [3.8, 4) is 0 Å². The lowest BCUT2D eigenvalue weighted by Crippen LogP contribution is -2.38. The second-order valence-electron chi connectivity index (χ2n) is 13.3. The van der Waals surface area contributed by atoms with Gasteiger partial charge in [0.2, 0.25) is 5.78 Å². The minimum absolute atomic E-state index is 0.0321. The standard InChI is InChI=1S/C31H43N3O3/c1-20-16-32-28(33-20)25(35)14-22-8-9-23(15-24(22)21-10-12-29(2,3)13-11-21)30(4,5)19-34-17-26-27(18-34)37-31(6,7)36-26/h8-10,15-16,26-27H,11-14,17-19H2,1-7H3,(H,32,33)/t26-,27+. The number of nitrogens with one attached hydrogen (secondary N) is 1. The first-order valence-corrected chi connectivity index (χ1v) is 13.8. The molecule has 3 aliphatic rings. The van der Waals surface area contributed by atoms with Gasteiger partial charge in [0.1, 0.15) is 12.2 Å². The molecule has 3 heterocycles. The molecule has 6 nitrogen and oxygen atoms in total. The molecular weight excluding hydrogens is 462 g/mol. The molecule has 1 N–H and O–H groups in total. The molecule has 0 saturated carbocycles. The number of ketones is 1. The van der Waals surface area contributed by atoms with Gasteiger partial charge in [-0.25, -0.2) is 4.98 Å². The van der Waals surface area contributed by atoms with Crippen LogP contribution in [0, 0.1) is 12.3 Å². The van der Waals surface area contributed by atoms with E-state index in [0.29, 0.717) is 17.7 Å². The van der Waals surface area contributed by atoms with Crippen molar-refractivity contribution in [1.82, 2.24) is 14.9 Å². The Kier molecular flexibility index (Phi) is 6.74. The summed E-state index contributed by atoms with van der Waals surface area (Å²) in [6.07, 6.45) is 8.03. The van der Waals surface area contributed by atoms with E-state index in [1.165, 1.54) is 16.7 Å². The van der Waals surface area contributed by atoms with E-state index in [4.69, 9.17) is 9.47 Å². The number of nitrogens with zero attached hydrogens (tertiary/aromatic N) is 2. The van der Waals surface area contributed by atoms with Gasteiger partial charge in [-0.1, -0.05) is 52.0 Å². The number of likely N-dealkylation sites (tertiary alicyclic amines) is 1. The topological polar surface area (TPSA) is 67.5 Å². The average Bonchev–Trinajstić information content (AvgIpc) is 3.46. The highest BCUT2D eigenvalue weighted by molar-refractivity contribution is 5.95. The van der Waals surface area contributed by atoms with Crippen LogP contribution in [-0.4, -0.2) is 58.3 Å². The highest BCUT2D eigenvalue weighted by Crippen LogP contribution is 2.41. The predicted octanol–water partition coefficient (Wildman–Crippen LogP) is 5.85. The lowest BCUT2D eigenvalue weighted by Gasteiger charge is -2.33. The monoisotopic (exact) mass is 505 g/mol. The van der Waals surface area contributed by atoms with Crippen molar-refractivity contribution in [2.45, 2.75) is 97.6 Å². The third-order valence-corrected chi connectivity index (χ3v) is 8.31. The summed E-state index contributed by atoms with van der Waals surface area (Å²) >= 11 is 0. The van der Waals surface area contributed by atoms with Gasteiger partial charge in [0.15, 0.2) is 11.6 Å². The Morgan fingerprint density at radius 3 is 2.46 bits per heavy atom. The maximum absolute atomic E-state index is 13.1. The molecule has 1 aromatic heterocycles. The molecule has 0 unspecified atom stereocenters. The Hall–Kier alpha value is -2.28. The first-order valence-electron chi connectivity index (χ1n) is 13.8. The van der Waals surface area contributed by atoms with E-state index in [1.54, 1.807) is 6.20 Å². The number of allylic oxidation sites excluding steroid dienone is 2. The number of hydrogen-bond acceptors (Lipinski definition) is 5. The Morgan fingerprint density at radius 1 is 1.16 bits per heavy atom. The number of Topliss-reactive ketones (excluding diaryl/α,β-unsaturated/α-hetero) is 1. The Morgan fingerprint density at radius 2 is 1.86 bits per heavy atom. The number of fused-ring (bicyclic) bond motifs is 1. The van der Waals surface area contributed by atoms with Crippen LogP contribution in [0.25, 0.3) is 5.57 Å². The van der Waals surface area contributed by atoms with E-state index >= 15 is 0 Å². The van der Waals surface area contributed by atoms with Crippen molar-refractivity contribution in [2.75, 3.05) is 19.6 Å². The van der Waals surface area contributed by atoms with Crippen molar-refractivity contribution in [3.05, 3.63) is 58.7 Å². The smallest absolute Gasteiger partial charge is 0.202 e. The summed E-state index contributed by atoms with van der Waals surface area (Å²) in [5.74, 6) is -0.00104. The van der Waals surface area contributed by atoms with E-state index in [0.717, 1.165) is 50.2 Å². The van der Waals surface area contributed by atoms with Crippen LogP contribution < -0.4 is 0 Å². The minimum Gasteiger partial charge on any atom is -0.343 e. The molecule has 0 bridgehead atoms. The van der Waals surface area contributed by atoms with E-state index in [1.807, 2.05) is 20.8 Å².